The number of carbonyl (C=O) groups is 2. The lowest BCUT2D eigenvalue weighted by Gasteiger charge is -2.04. The summed E-state index contributed by atoms with van der Waals surface area (Å²) >= 11 is 8.22. The second kappa shape index (κ2) is 9.68. The average Bonchev–Trinajstić information content (AvgIpc) is 3.17. The van der Waals surface area contributed by atoms with E-state index >= 15 is 0 Å². The molecule has 2 amide bonds. The van der Waals surface area contributed by atoms with Crippen LogP contribution in [0.1, 0.15) is 20.9 Å². The van der Waals surface area contributed by atoms with Crippen molar-refractivity contribution in [2.75, 3.05) is 11.1 Å². The molecule has 0 saturated heterocycles. The van der Waals surface area contributed by atoms with Crippen molar-refractivity contribution in [1.29, 1.82) is 0 Å². The fraction of sp³-hybridized carbons (Fsp3) is 0.158. The molecular weight excluding hydrogens is 416 g/mol. The number of aromatic nitrogens is 2. The maximum atomic E-state index is 12.2. The van der Waals surface area contributed by atoms with Crippen LogP contribution in [0, 0.1) is 6.92 Å². The highest BCUT2D eigenvalue weighted by Gasteiger charge is 2.14. The van der Waals surface area contributed by atoms with E-state index in [-0.39, 0.29) is 22.6 Å². The van der Waals surface area contributed by atoms with Gasteiger partial charge in [0.1, 0.15) is 0 Å². The lowest BCUT2D eigenvalue weighted by molar-refractivity contribution is -0.118. The summed E-state index contributed by atoms with van der Waals surface area (Å²) in [6.45, 7) is 2.50. The van der Waals surface area contributed by atoms with E-state index in [9.17, 15) is 9.59 Å². The Balaban J connectivity index is 1.45. The number of nitrogens with one attached hydrogen (secondary N) is 2. The summed E-state index contributed by atoms with van der Waals surface area (Å²) in [6.07, 6.45) is 0. The van der Waals surface area contributed by atoms with E-state index < -0.39 is 0 Å². The van der Waals surface area contributed by atoms with E-state index in [0.29, 0.717) is 21.6 Å². The molecule has 0 aliphatic carbocycles. The van der Waals surface area contributed by atoms with Gasteiger partial charge in [-0.1, -0.05) is 64.5 Å². The van der Waals surface area contributed by atoms with Gasteiger partial charge in [0.15, 0.2) is 4.34 Å². The van der Waals surface area contributed by atoms with E-state index in [1.807, 2.05) is 31.2 Å². The Morgan fingerprint density at radius 2 is 1.79 bits per heavy atom. The van der Waals surface area contributed by atoms with Crippen molar-refractivity contribution in [1.82, 2.24) is 15.5 Å². The Morgan fingerprint density at radius 3 is 2.50 bits per heavy atom. The van der Waals surface area contributed by atoms with Gasteiger partial charge in [-0.3, -0.25) is 9.59 Å². The summed E-state index contributed by atoms with van der Waals surface area (Å²) in [5.74, 6) is -0.248. The van der Waals surface area contributed by atoms with Gasteiger partial charge in [0.25, 0.3) is 5.91 Å². The number of benzene rings is 2. The van der Waals surface area contributed by atoms with Crippen LogP contribution >= 0.6 is 34.7 Å². The number of hydrogen-bond donors (Lipinski definition) is 2. The minimum atomic E-state index is -0.351. The maximum Gasteiger partial charge on any atom is 0.286 e. The summed E-state index contributed by atoms with van der Waals surface area (Å²) in [5.41, 5.74) is 2.84. The van der Waals surface area contributed by atoms with Crippen LogP contribution in [0.5, 0.6) is 0 Å². The predicted molar refractivity (Wildman–Crippen MR) is 113 cm³/mol. The fourth-order valence-corrected chi connectivity index (χ4v) is 3.87. The number of aryl methyl sites for hydroxylation is 1. The molecule has 0 aliphatic rings. The molecule has 3 aromatic rings. The number of amides is 2. The SMILES string of the molecule is Cc1ccc(CNC(=O)CSc2nnc(C(=O)Nc3ccc(Cl)cc3)s2)cc1. The molecular formula is C19H17ClN4O2S2. The Hall–Kier alpha value is -2.42. The number of carbonyl (C=O) groups excluding carboxylic acids is 2. The molecule has 9 heteroatoms. The topological polar surface area (TPSA) is 84.0 Å². The van der Waals surface area contributed by atoms with Gasteiger partial charge in [-0.05, 0) is 36.8 Å². The molecule has 0 fully saturated rings. The van der Waals surface area contributed by atoms with Gasteiger partial charge in [-0.25, -0.2) is 0 Å². The molecule has 0 bridgehead atoms. The monoisotopic (exact) mass is 432 g/mol. The van der Waals surface area contributed by atoms with E-state index in [4.69, 9.17) is 11.6 Å². The molecule has 3 rings (SSSR count). The summed E-state index contributed by atoms with van der Waals surface area (Å²) < 4.78 is 0.562. The number of rotatable bonds is 7. The molecule has 6 nitrogen and oxygen atoms in total. The third-order valence-electron chi connectivity index (χ3n) is 3.64. The molecule has 2 aromatic carbocycles. The first-order chi connectivity index (χ1) is 13.5. The van der Waals surface area contributed by atoms with Crippen molar-refractivity contribution in [3.63, 3.8) is 0 Å². The molecule has 144 valence electrons. The number of anilines is 1. The van der Waals surface area contributed by atoms with Crippen LogP contribution in [0.15, 0.2) is 52.9 Å². The quantitative estimate of drug-likeness (QED) is 0.547. The Bertz CT molecular complexity index is 959. The van der Waals surface area contributed by atoms with Gasteiger partial charge < -0.3 is 10.6 Å². The lowest BCUT2D eigenvalue weighted by atomic mass is 10.1. The third-order valence-corrected chi connectivity index (χ3v) is 5.95. The van der Waals surface area contributed by atoms with Crippen LogP contribution in [0.4, 0.5) is 5.69 Å². The molecule has 1 heterocycles. The van der Waals surface area contributed by atoms with Gasteiger partial charge in [-0.2, -0.15) is 0 Å². The predicted octanol–water partition coefficient (Wildman–Crippen LogP) is 4.16. The van der Waals surface area contributed by atoms with Crippen molar-refractivity contribution in [2.24, 2.45) is 0 Å². The normalized spacial score (nSPS) is 10.5. The summed E-state index contributed by atoms with van der Waals surface area (Å²) in [7, 11) is 0. The summed E-state index contributed by atoms with van der Waals surface area (Å²) in [5, 5.41) is 14.3. The molecule has 0 radical (unpaired) electrons. The van der Waals surface area contributed by atoms with Crippen molar-refractivity contribution in [2.45, 2.75) is 17.8 Å². The third kappa shape index (κ3) is 6.05. The van der Waals surface area contributed by atoms with Crippen LogP contribution in [0.3, 0.4) is 0 Å². The van der Waals surface area contributed by atoms with E-state index in [2.05, 4.69) is 20.8 Å². The maximum absolute atomic E-state index is 12.2. The molecule has 0 saturated carbocycles. The molecule has 0 aliphatic heterocycles. The van der Waals surface area contributed by atoms with Crippen LogP contribution in [-0.2, 0) is 11.3 Å². The molecule has 0 spiro atoms. The molecule has 1 aromatic heterocycles. The van der Waals surface area contributed by atoms with Crippen molar-refractivity contribution >= 4 is 52.2 Å². The van der Waals surface area contributed by atoms with E-state index in [1.54, 1.807) is 24.3 Å². The first-order valence-electron chi connectivity index (χ1n) is 8.35. The second-order valence-corrected chi connectivity index (χ2v) is 8.52. The number of halogens is 1. The van der Waals surface area contributed by atoms with E-state index in [0.717, 1.165) is 16.9 Å². The zero-order valence-corrected chi connectivity index (χ0v) is 17.3. The summed E-state index contributed by atoms with van der Waals surface area (Å²) in [4.78, 5) is 24.2. The number of hydrogen-bond acceptors (Lipinski definition) is 6. The highest BCUT2D eigenvalue weighted by Crippen LogP contribution is 2.23. The van der Waals surface area contributed by atoms with Gasteiger partial charge in [0, 0.05) is 17.3 Å². The molecule has 28 heavy (non-hydrogen) atoms. The second-order valence-electron chi connectivity index (χ2n) is 5.89. The van der Waals surface area contributed by atoms with Crippen LogP contribution in [-0.4, -0.2) is 27.8 Å². The number of nitrogens with zero attached hydrogens (tertiary/aromatic N) is 2. The standard InChI is InChI=1S/C19H17ClN4O2S2/c1-12-2-4-13(5-3-12)10-21-16(25)11-27-19-24-23-18(28-19)17(26)22-15-8-6-14(20)7-9-15/h2-9H,10-11H2,1H3,(H,21,25)(H,22,26). The first kappa shape index (κ1) is 20.3. The van der Waals surface area contributed by atoms with Crippen LogP contribution in [0.25, 0.3) is 0 Å². The largest absolute Gasteiger partial charge is 0.351 e. The van der Waals surface area contributed by atoms with Gasteiger partial charge >= 0.3 is 0 Å². The zero-order valence-electron chi connectivity index (χ0n) is 14.9. The Kier molecular flexibility index (Phi) is 7.02. The van der Waals surface area contributed by atoms with Gasteiger partial charge in [-0.15, -0.1) is 10.2 Å². The average molecular weight is 433 g/mol. The minimum Gasteiger partial charge on any atom is -0.351 e. The minimum absolute atomic E-state index is 0.104. The number of thioether (sulfide) groups is 1. The first-order valence-corrected chi connectivity index (χ1v) is 10.5. The molecule has 0 unspecified atom stereocenters. The Morgan fingerprint density at radius 1 is 1.07 bits per heavy atom. The fourth-order valence-electron chi connectivity index (χ4n) is 2.16. The zero-order chi connectivity index (χ0) is 19.9. The van der Waals surface area contributed by atoms with Gasteiger partial charge in [0.2, 0.25) is 10.9 Å². The van der Waals surface area contributed by atoms with Crippen molar-refractivity contribution in [3.05, 3.63) is 69.7 Å². The smallest absolute Gasteiger partial charge is 0.286 e. The highest BCUT2D eigenvalue weighted by atomic mass is 35.5. The van der Waals surface area contributed by atoms with Crippen molar-refractivity contribution in [3.8, 4) is 0 Å². The molecule has 2 N–H and O–H groups in total. The lowest BCUT2D eigenvalue weighted by Crippen LogP contribution is -2.24. The highest BCUT2D eigenvalue weighted by molar-refractivity contribution is 8.01. The van der Waals surface area contributed by atoms with Crippen LogP contribution in [0.2, 0.25) is 5.02 Å². The van der Waals surface area contributed by atoms with Gasteiger partial charge in [0.05, 0.1) is 5.75 Å². The van der Waals surface area contributed by atoms with Crippen molar-refractivity contribution < 1.29 is 9.59 Å². The molecule has 0 atom stereocenters. The van der Waals surface area contributed by atoms with Crippen LogP contribution < -0.4 is 10.6 Å². The Labute approximate surface area is 175 Å². The summed E-state index contributed by atoms with van der Waals surface area (Å²) in [6, 6.07) is 14.8. The van der Waals surface area contributed by atoms with E-state index in [1.165, 1.54) is 17.3 Å².